The molecule has 1 unspecified atom stereocenters. The lowest BCUT2D eigenvalue weighted by Gasteiger charge is -2.26. The van der Waals surface area contributed by atoms with Gasteiger partial charge in [0.2, 0.25) is 0 Å². The zero-order valence-corrected chi connectivity index (χ0v) is 11.5. The third kappa shape index (κ3) is 6.81. The van der Waals surface area contributed by atoms with Gasteiger partial charge in [0.15, 0.2) is 0 Å². The Morgan fingerprint density at radius 1 is 1.38 bits per heavy atom. The molecule has 1 N–H and O–H groups in total. The fourth-order valence-corrected chi connectivity index (χ4v) is 1.82. The van der Waals surface area contributed by atoms with Gasteiger partial charge in [-0.2, -0.15) is 5.26 Å². The molecule has 0 radical (unpaired) electrons. The number of nitrogens with one attached hydrogen (secondary N) is 1. The quantitative estimate of drug-likeness (QED) is 0.645. The average Bonchev–Trinajstić information content (AvgIpc) is 2.23. The van der Waals surface area contributed by atoms with Crippen LogP contribution in [0.15, 0.2) is 0 Å². The van der Waals surface area contributed by atoms with E-state index in [2.05, 4.69) is 44.1 Å². The monoisotopic (exact) mass is 225 g/mol. The van der Waals surface area contributed by atoms with Gasteiger partial charge in [-0.05, 0) is 60.2 Å². The summed E-state index contributed by atoms with van der Waals surface area (Å²) in [6.45, 7) is 10.6. The van der Waals surface area contributed by atoms with Gasteiger partial charge in [0.1, 0.15) is 5.54 Å². The van der Waals surface area contributed by atoms with Crippen LogP contribution in [0.1, 0.15) is 47.0 Å². The smallest absolute Gasteiger partial charge is 0.104 e. The highest BCUT2D eigenvalue weighted by Crippen LogP contribution is 2.14. The van der Waals surface area contributed by atoms with Gasteiger partial charge < -0.3 is 4.90 Å². The highest BCUT2D eigenvalue weighted by Gasteiger charge is 2.23. The van der Waals surface area contributed by atoms with Crippen LogP contribution < -0.4 is 5.32 Å². The van der Waals surface area contributed by atoms with E-state index < -0.39 is 0 Å². The second-order valence-electron chi connectivity index (χ2n) is 5.10. The van der Waals surface area contributed by atoms with Crippen LogP contribution in [0.25, 0.3) is 0 Å². The third-order valence-corrected chi connectivity index (χ3v) is 2.86. The topological polar surface area (TPSA) is 39.1 Å². The van der Waals surface area contributed by atoms with Crippen molar-refractivity contribution in [2.24, 2.45) is 0 Å². The van der Waals surface area contributed by atoms with E-state index >= 15 is 0 Å². The van der Waals surface area contributed by atoms with Crippen LogP contribution in [0.4, 0.5) is 0 Å². The Hall–Kier alpha value is -0.590. The first-order valence-electron chi connectivity index (χ1n) is 6.31. The molecular weight excluding hydrogens is 198 g/mol. The van der Waals surface area contributed by atoms with Gasteiger partial charge in [0.25, 0.3) is 0 Å². The molecule has 0 aliphatic carbocycles. The number of hydrogen-bond acceptors (Lipinski definition) is 3. The Balaban J connectivity index is 3.84. The first-order valence-corrected chi connectivity index (χ1v) is 6.31. The first kappa shape index (κ1) is 15.4. The maximum Gasteiger partial charge on any atom is 0.104 e. The van der Waals surface area contributed by atoms with E-state index in [9.17, 15) is 0 Å². The fourth-order valence-electron chi connectivity index (χ4n) is 1.82. The summed E-state index contributed by atoms with van der Waals surface area (Å²) in [5, 5.41) is 12.5. The maximum absolute atomic E-state index is 9.17. The minimum absolute atomic E-state index is 0.362. The lowest BCUT2D eigenvalue weighted by atomic mass is 9.95. The summed E-state index contributed by atoms with van der Waals surface area (Å²) in [5.74, 6) is 0. The van der Waals surface area contributed by atoms with E-state index in [-0.39, 0.29) is 5.54 Å². The van der Waals surface area contributed by atoms with E-state index in [1.54, 1.807) is 0 Å². The zero-order valence-electron chi connectivity index (χ0n) is 11.5. The van der Waals surface area contributed by atoms with Crippen LogP contribution in [-0.2, 0) is 0 Å². The van der Waals surface area contributed by atoms with Gasteiger partial charge in [-0.15, -0.1) is 0 Å². The normalized spacial score (nSPS) is 15.1. The molecule has 0 aromatic carbocycles. The van der Waals surface area contributed by atoms with Crippen molar-refractivity contribution < 1.29 is 0 Å². The van der Waals surface area contributed by atoms with Gasteiger partial charge in [-0.25, -0.2) is 0 Å². The summed E-state index contributed by atoms with van der Waals surface area (Å²) in [4.78, 5) is 2.31. The minimum Gasteiger partial charge on any atom is -0.307 e. The molecule has 0 rings (SSSR count). The Morgan fingerprint density at radius 3 is 2.44 bits per heavy atom. The largest absolute Gasteiger partial charge is 0.307 e. The average molecular weight is 225 g/mol. The van der Waals surface area contributed by atoms with Crippen LogP contribution >= 0.6 is 0 Å². The summed E-state index contributed by atoms with van der Waals surface area (Å²) >= 11 is 0. The van der Waals surface area contributed by atoms with Gasteiger partial charge >= 0.3 is 0 Å². The maximum atomic E-state index is 9.17. The molecule has 0 spiro atoms. The molecule has 94 valence electrons. The number of unbranched alkanes of at least 4 members (excludes halogenated alkanes) is 1. The van der Waals surface area contributed by atoms with Crippen LogP contribution in [0.5, 0.6) is 0 Å². The molecule has 3 nitrogen and oxygen atoms in total. The predicted octanol–water partition coefficient (Wildman–Crippen LogP) is 2.39. The van der Waals surface area contributed by atoms with Crippen molar-refractivity contribution in [1.29, 1.82) is 5.26 Å². The molecule has 0 heterocycles. The van der Waals surface area contributed by atoms with Crippen molar-refractivity contribution in [2.45, 2.75) is 58.5 Å². The minimum atomic E-state index is -0.362. The van der Waals surface area contributed by atoms with Crippen molar-refractivity contribution in [1.82, 2.24) is 10.2 Å². The molecule has 0 aliphatic heterocycles. The summed E-state index contributed by atoms with van der Waals surface area (Å²) in [6.07, 6.45) is 3.20. The number of rotatable bonds is 8. The molecular formula is C13H27N3. The number of hydrogen-bond donors (Lipinski definition) is 1. The Morgan fingerprint density at radius 2 is 2.00 bits per heavy atom. The highest BCUT2D eigenvalue weighted by atomic mass is 15.1. The summed E-state index contributed by atoms with van der Waals surface area (Å²) in [5.41, 5.74) is -0.362. The van der Waals surface area contributed by atoms with Gasteiger partial charge in [-0.1, -0.05) is 6.92 Å². The molecule has 0 aromatic rings. The second kappa shape index (κ2) is 7.65. The molecule has 0 bridgehead atoms. The molecule has 0 saturated carbocycles. The molecule has 3 heteroatoms. The van der Waals surface area contributed by atoms with Crippen LogP contribution in [-0.4, -0.2) is 36.6 Å². The van der Waals surface area contributed by atoms with Crippen molar-refractivity contribution in [3.63, 3.8) is 0 Å². The highest BCUT2D eigenvalue weighted by molar-refractivity contribution is 5.04. The standard InChI is InChI=1S/C13H27N3/c1-6-16(5)10-8-7-9-13(4,11-14)15-12(2)3/h12,15H,6-10H2,1-5H3. The van der Waals surface area contributed by atoms with Gasteiger partial charge in [0.05, 0.1) is 6.07 Å². The van der Waals surface area contributed by atoms with E-state index in [4.69, 9.17) is 5.26 Å². The third-order valence-electron chi connectivity index (χ3n) is 2.86. The fraction of sp³-hybridized carbons (Fsp3) is 0.923. The second-order valence-corrected chi connectivity index (χ2v) is 5.10. The van der Waals surface area contributed by atoms with Gasteiger partial charge in [0, 0.05) is 6.04 Å². The summed E-state index contributed by atoms with van der Waals surface area (Å²) in [6, 6.07) is 2.75. The Kier molecular flexibility index (Phi) is 7.36. The molecule has 0 aromatic heterocycles. The summed E-state index contributed by atoms with van der Waals surface area (Å²) in [7, 11) is 2.13. The SMILES string of the molecule is CCN(C)CCCCC(C)(C#N)NC(C)C. The summed E-state index contributed by atoms with van der Waals surface area (Å²) < 4.78 is 0. The molecule has 0 fully saturated rings. The molecule has 16 heavy (non-hydrogen) atoms. The van der Waals surface area contributed by atoms with E-state index in [0.29, 0.717) is 6.04 Å². The van der Waals surface area contributed by atoms with Crippen molar-refractivity contribution in [3.8, 4) is 6.07 Å². The van der Waals surface area contributed by atoms with Crippen molar-refractivity contribution in [2.75, 3.05) is 20.1 Å². The van der Waals surface area contributed by atoms with E-state index in [1.807, 2.05) is 6.92 Å². The number of nitrogens with zero attached hydrogens (tertiary/aromatic N) is 2. The predicted molar refractivity (Wildman–Crippen MR) is 69.3 cm³/mol. The molecule has 0 aliphatic rings. The van der Waals surface area contributed by atoms with Crippen LogP contribution in [0.2, 0.25) is 0 Å². The Labute approximate surface area is 101 Å². The van der Waals surface area contributed by atoms with Crippen molar-refractivity contribution in [3.05, 3.63) is 0 Å². The number of nitriles is 1. The van der Waals surface area contributed by atoms with Crippen LogP contribution in [0.3, 0.4) is 0 Å². The lowest BCUT2D eigenvalue weighted by Crippen LogP contribution is -2.44. The van der Waals surface area contributed by atoms with E-state index in [0.717, 1.165) is 25.9 Å². The van der Waals surface area contributed by atoms with E-state index in [1.165, 1.54) is 6.42 Å². The van der Waals surface area contributed by atoms with Crippen LogP contribution in [0, 0.1) is 11.3 Å². The van der Waals surface area contributed by atoms with Gasteiger partial charge in [-0.3, -0.25) is 5.32 Å². The molecule has 1 atom stereocenters. The molecule has 0 amide bonds. The lowest BCUT2D eigenvalue weighted by molar-refractivity contribution is 0.321. The van der Waals surface area contributed by atoms with Crippen molar-refractivity contribution >= 4 is 0 Å². The zero-order chi connectivity index (χ0) is 12.6. The molecule has 0 saturated heterocycles. The first-order chi connectivity index (χ1) is 7.43. The Bertz CT molecular complexity index is 220.